The van der Waals surface area contributed by atoms with Crippen molar-refractivity contribution in [3.63, 3.8) is 0 Å². The average Bonchev–Trinajstić information content (AvgIpc) is 2.10. The Morgan fingerprint density at radius 2 is 1.88 bits per heavy atom. The monoisotopic (exact) mass is 230 g/mol. The Morgan fingerprint density at radius 3 is 2.19 bits per heavy atom. The molecule has 5 nitrogen and oxygen atoms in total. The van der Waals surface area contributed by atoms with Crippen molar-refractivity contribution in [3.8, 4) is 0 Å². The minimum absolute atomic E-state index is 0.0164. The molecule has 94 valence electrons. The van der Waals surface area contributed by atoms with Crippen LogP contribution in [0.4, 0.5) is 0 Å². The molecule has 5 heteroatoms. The predicted octanol–water partition coefficient (Wildman–Crippen LogP) is 0.130. The van der Waals surface area contributed by atoms with Crippen LogP contribution in [0.5, 0.6) is 0 Å². The van der Waals surface area contributed by atoms with Crippen LogP contribution in [0.15, 0.2) is 0 Å². The van der Waals surface area contributed by atoms with Gasteiger partial charge < -0.3 is 15.3 Å². The predicted molar refractivity (Wildman–Crippen MR) is 61.8 cm³/mol. The van der Waals surface area contributed by atoms with Crippen molar-refractivity contribution in [2.24, 2.45) is 0 Å². The minimum atomic E-state index is -1.44. The van der Waals surface area contributed by atoms with Gasteiger partial charge >= 0.3 is 0 Å². The van der Waals surface area contributed by atoms with E-state index in [1.165, 1.54) is 18.7 Å². The summed E-state index contributed by atoms with van der Waals surface area (Å²) in [6.45, 7) is 8.69. The second-order valence-electron chi connectivity index (χ2n) is 4.60. The number of amides is 2. The Kier molecular flexibility index (Phi) is 5.44. The highest BCUT2D eigenvalue weighted by molar-refractivity contribution is 5.88. The number of likely N-dealkylation sites (N-methyl/N-ethyl adjacent to an activating group) is 1. The lowest BCUT2D eigenvalue weighted by Gasteiger charge is -2.27. The zero-order valence-electron chi connectivity index (χ0n) is 10.7. The van der Waals surface area contributed by atoms with E-state index in [9.17, 15) is 14.7 Å². The summed E-state index contributed by atoms with van der Waals surface area (Å²) in [6, 6.07) is 0.0449. The number of hydrogen-bond donors (Lipinski definition) is 2. The molecule has 0 heterocycles. The van der Waals surface area contributed by atoms with E-state index in [-0.39, 0.29) is 18.5 Å². The quantitative estimate of drug-likeness (QED) is 0.705. The molecule has 0 saturated heterocycles. The molecule has 0 aliphatic carbocycles. The first kappa shape index (κ1) is 14.9. The summed E-state index contributed by atoms with van der Waals surface area (Å²) in [6.07, 6.45) is 0. The van der Waals surface area contributed by atoms with Crippen LogP contribution in [0.3, 0.4) is 0 Å². The van der Waals surface area contributed by atoms with Crippen molar-refractivity contribution in [2.45, 2.75) is 46.3 Å². The van der Waals surface area contributed by atoms with E-state index >= 15 is 0 Å². The highest BCUT2D eigenvalue weighted by Gasteiger charge is 2.29. The molecule has 0 atom stereocenters. The zero-order valence-corrected chi connectivity index (χ0v) is 10.7. The fraction of sp³-hybridized carbons (Fsp3) is 0.818. The molecule has 0 aliphatic heterocycles. The number of nitrogens with one attached hydrogen (secondary N) is 1. The first-order valence-corrected chi connectivity index (χ1v) is 5.49. The second-order valence-corrected chi connectivity index (χ2v) is 4.60. The largest absolute Gasteiger partial charge is 0.381 e. The molecule has 0 rings (SSSR count). The molecule has 0 aromatic carbocycles. The maximum Gasteiger partial charge on any atom is 0.254 e. The van der Waals surface area contributed by atoms with E-state index < -0.39 is 11.5 Å². The third kappa shape index (κ3) is 5.11. The summed E-state index contributed by atoms with van der Waals surface area (Å²) in [5.41, 5.74) is -1.44. The lowest BCUT2D eigenvalue weighted by atomic mass is 10.1. The van der Waals surface area contributed by atoms with Gasteiger partial charge in [-0.1, -0.05) is 0 Å². The summed E-state index contributed by atoms with van der Waals surface area (Å²) in [4.78, 5) is 24.5. The van der Waals surface area contributed by atoms with Gasteiger partial charge in [0, 0.05) is 12.6 Å². The van der Waals surface area contributed by atoms with Gasteiger partial charge in [0.2, 0.25) is 5.91 Å². The van der Waals surface area contributed by atoms with Crippen LogP contribution in [0, 0.1) is 0 Å². The first-order valence-electron chi connectivity index (χ1n) is 5.49. The Bertz CT molecular complexity index is 256. The van der Waals surface area contributed by atoms with Gasteiger partial charge in [0.05, 0.1) is 6.54 Å². The number of hydrogen-bond acceptors (Lipinski definition) is 3. The molecule has 2 amide bonds. The topological polar surface area (TPSA) is 69.6 Å². The van der Waals surface area contributed by atoms with Gasteiger partial charge in [0.1, 0.15) is 5.60 Å². The Balaban J connectivity index is 4.42. The molecule has 2 N–H and O–H groups in total. The fourth-order valence-electron chi connectivity index (χ4n) is 1.26. The van der Waals surface area contributed by atoms with Gasteiger partial charge in [0.15, 0.2) is 0 Å². The molecule has 0 spiro atoms. The van der Waals surface area contributed by atoms with Crippen LogP contribution in [-0.4, -0.2) is 46.6 Å². The second kappa shape index (κ2) is 5.84. The summed E-state index contributed by atoms with van der Waals surface area (Å²) in [7, 11) is 0. The summed E-state index contributed by atoms with van der Waals surface area (Å²) in [5, 5.41) is 12.3. The molecule has 16 heavy (non-hydrogen) atoms. The van der Waals surface area contributed by atoms with Crippen LogP contribution in [0.25, 0.3) is 0 Å². The maximum absolute atomic E-state index is 11.7. The molecule has 0 aliphatic rings. The standard InChI is InChI=1S/C11H22N2O3/c1-6-13(10(15)11(4,5)16)7-9(14)12-8(2)3/h8,16H,6-7H2,1-5H3,(H,12,14). The third-order valence-corrected chi connectivity index (χ3v) is 1.98. The van der Waals surface area contributed by atoms with Crippen molar-refractivity contribution < 1.29 is 14.7 Å². The lowest BCUT2D eigenvalue weighted by Crippen LogP contribution is -2.49. The number of carbonyl (C=O) groups is 2. The Labute approximate surface area is 96.8 Å². The maximum atomic E-state index is 11.7. The molecular weight excluding hydrogens is 208 g/mol. The Morgan fingerprint density at radius 1 is 1.38 bits per heavy atom. The van der Waals surface area contributed by atoms with Gasteiger partial charge in [0.25, 0.3) is 5.91 Å². The van der Waals surface area contributed by atoms with Crippen molar-refractivity contribution in [2.75, 3.05) is 13.1 Å². The molecule has 0 fully saturated rings. The van der Waals surface area contributed by atoms with Crippen LogP contribution < -0.4 is 5.32 Å². The number of nitrogens with zero attached hydrogens (tertiary/aromatic N) is 1. The van der Waals surface area contributed by atoms with Gasteiger partial charge in [-0.2, -0.15) is 0 Å². The normalized spacial score (nSPS) is 11.4. The van der Waals surface area contributed by atoms with Gasteiger partial charge in [-0.3, -0.25) is 9.59 Å². The van der Waals surface area contributed by atoms with E-state index in [4.69, 9.17) is 0 Å². The van der Waals surface area contributed by atoms with Crippen LogP contribution in [0.1, 0.15) is 34.6 Å². The number of rotatable bonds is 5. The van der Waals surface area contributed by atoms with E-state index in [1.54, 1.807) is 6.92 Å². The minimum Gasteiger partial charge on any atom is -0.381 e. The van der Waals surface area contributed by atoms with Gasteiger partial charge in [-0.05, 0) is 34.6 Å². The zero-order chi connectivity index (χ0) is 12.9. The van der Waals surface area contributed by atoms with Gasteiger partial charge in [-0.15, -0.1) is 0 Å². The molecule has 0 radical (unpaired) electrons. The smallest absolute Gasteiger partial charge is 0.254 e. The summed E-state index contributed by atoms with van der Waals surface area (Å²) in [5.74, 6) is -0.650. The van der Waals surface area contributed by atoms with Crippen molar-refractivity contribution >= 4 is 11.8 Å². The van der Waals surface area contributed by atoms with Crippen molar-refractivity contribution in [3.05, 3.63) is 0 Å². The lowest BCUT2D eigenvalue weighted by molar-refractivity contribution is -0.149. The highest BCUT2D eigenvalue weighted by Crippen LogP contribution is 2.06. The molecule has 0 unspecified atom stereocenters. The van der Waals surface area contributed by atoms with E-state index in [0.29, 0.717) is 6.54 Å². The molecular formula is C11H22N2O3. The molecule has 0 aromatic heterocycles. The third-order valence-electron chi connectivity index (χ3n) is 1.98. The SMILES string of the molecule is CCN(CC(=O)NC(C)C)C(=O)C(C)(C)O. The molecule has 0 aromatic rings. The van der Waals surface area contributed by atoms with E-state index in [2.05, 4.69) is 5.32 Å². The van der Waals surface area contributed by atoms with Crippen LogP contribution >= 0.6 is 0 Å². The van der Waals surface area contributed by atoms with Crippen molar-refractivity contribution in [1.82, 2.24) is 10.2 Å². The summed E-state index contributed by atoms with van der Waals surface area (Å²) >= 11 is 0. The van der Waals surface area contributed by atoms with E-state index in [1.807, 2.05) is 13.8 Å². The van der Waals surface area contributed by atoms with E-state index in [0.717, 1.165) is 0 Å². The highest BCUT2D eigenvalue weighted by atomic mass is 16.3. The van der Waals surface area contributed by atoms with Crippen LogP contribution in [-0.2, 0) is 9.59 Å². The first-order chi connectivity index (χ1) is 7.18. The fourth-order valence-corrected chi connectivity index (χ4v) is 1.26. The van der Waals surface area contributed by atoms with Crippen molar-refractivity contribution in [1.29, 1.82) is 0 Å². The number of aliphatic hydroxyl groups is 1. The Hall–Kier alpha value is -1.10. The average molecular weight is 230 g/mol. The molecule has 0 bridgehead atoms. The van der Waals surface area contributed by atoms with Crippen LogP contribution in [0.2, 0.25) is 0 Å². The summed E-state index contributed by atoms with van der Waals surface area (Å²) < 4.78 is 0. The van der Waals surface area contributed by atoms with Gasteiger partial charge in [-0.25, -0.2) is 0 Å². The molecule has 0 saturated carbocycles. The number of carbonyl (C=O) groups excluding carboxylic acids is 2.